The van der Waals surface area contributed by atoms with Crippen LogP contribution in [0.25, 0.3) is 0 Å². The molecule has 2 N–H and O–H groups in total. The largest absolute Gasteiger partial charge is 0.339 e. The molecule has 2 aromatic carbocycles. The Balaban J connectivity index is 1.69. The average molecular weight is 343 g/mol. The fraction of sp³-hybridized carbons (Fsp3) is 0.100. The van der Waals surface area contributed by atoms with E-state index in [1.165, 1.54) is 11.1 Å². The smallest absolute Gasteiger partial charge is 0.276 e. The molecule has 1 heterocycles. The molecule has 0 radical (unpaired) electrons. The minimum atomic E-state index is -0.384. The van der Waals surface area contributed by atoms with Gasteiger partial charge in [-0.2, -0.15) is 5.26 Å². The van der Waals surface area contributed by atoms with Crippen LogP contribution in [0.1, 0.15) is 27.2 Å². The number of carbonyl (C=O) groups excluding carboxylic acids is 1. The Bertz CT molecular complexity index is 990. The molecule has 0 saturated heterocycles. The van der Waals surface area contributed by atoms with Crippen LogP contribution in [0.4, 0.5) is 17.2 Å². The maximum atomic E-state index is 12.2. The van der Waals surface area contributed by atoms with Gasteiger partial charge in [0.2, 0.25) is 0 Å². The first-order chi connectivity index (χ1) is 12.5. The van der Waals surface area contributed by atoms with E-state index in [1.807, 2.05) is 31.2 Å². The lowest BCUT2D eigenvalue weighted by Crippen LogP contribution is -2.14. The Hall–Kier alpha value is -3.72. The van der Waals surface area contributed by atoms with Crippen molar-refractivity contribution in [2.75, 3.05) is 10.6 Å². The molecule has 26 heavy (non-hydrogen) atoms. The van der Waals surface area contributed by atoms with Gasteiger partial charge in [0, 0.05) is 11.4 Å². The standard InChI is InChI=1S/C20H17N5O/c1-13-6-7-17(10-14(13)2)22-19-9-8-18(24-25-19)20(26)23-16-5-3-4-15(11-16)12-21/h3-11H,1-2H3,(H,22,25)(H,23,26). The number of hydrogen-bond acceptors (Lipinski definition) is 5. The molecule has 0 spiro atoms. The molecular formula is C20H17N5O. The van der Waals surface area contributed by atoms with E-state index in [0.29, 0.717) is 17.1 Å². The van der Waals surface area contributed by atoms with Gasteiger partial charge in [-0.25, -0.2) is 0 Å². The molecule has 1 amide bonds. The lowest BCUT2D eigenvalue weighted by atomic mass is 10.1. The highest BCUT2D eigenvalue weighted by atomic mass is 16.1. The predicted molar refractivity (Wildman–Crippen MR) is 100 cm³/mol. The van der Waals surface area contributed by atoms with Crippen LogP contribution in [0.5, 0.6) is 0 Å². The summed E-state index contributed by atoms with van der Waals surface area (Å²) < 4.78 is 0. The first-order valence-corrected chi connectivity index (χ1v) is 8.05. The number of nitriles is 1. The topological polar surface area (TPSA) is 90.7 Å². The molecule has 0 fully saturated rings. The number of benzene rings is 2. The van der Waals surface area contributed by atoms with E-state index in [2.05, 4.69) is 27.8 Å². The minimum absolute atomic E-state index is 0.193. The monoisotopic (exact) mass is 343 g/mol. The second kappa shape index (κ2) is 7.45. The molecule has 0 aliphatic rings. The second-order valence-corrected chi connectivity index (χ2v) is 5.87. The summed E-state index contributed by atoms with van der Waals surface area (Å²) in [6, 6.07) is 18.0. The van der Waals surface area contributed by atoms with Gasteiger partial charge in [0.1, 0.15) is 0 Å². The summed E-state index contributed by atoms with van der Waals surface area (Å²) in [6.45, 7) is 4.10. The summed E-state index contributed by atoms with van der Waals surface area (Å²) in [6.07, 6.45) is 0. The lowest BCUT2D eigenvalue weighted by Gasteiger charge is -2.08. The van der Waals surface area contributed by atoms with Crippen molar-refractivity contribution < 1.29 is 4.79 Å². The first kappa shape index (κ1) is 17.1. The minimum Gasteiger partial charge on any atom is -0.339 e. The molecule has 0 bridgehead atoms. The van der Waals surface area contributed by atoms with Crippen LogP contribution in [0.2, 0.25) is 0 Å². The Kier molecular flexibility index (Phi) is 4.90. The Morgan fingerprint density at radius 1 is 0.962 bits per heavy atom. The number of aromatic nitrogens is 2. The van der Waals surface area contributed by atoms with Crippen molar-refractivity contribution in [3.05, 3.63) is 77.0 Å². The fourth-order valence-corrected chi connectivity index (χ4v) is 2.35. The summed E-state index contributed by atoms with van der Waals surface area (Å²) in [7, 11) is 0. The summed E-state index contributed by atoms with van der Waals surface area (Å²) in [5, 5.41) is 22.8. The number of nitrogens with zero attached hydrogens (tertiary/aromatic N) is 3. The average Bonchev–Trinajstić information content (AvgIpc) is 2.65. The van der Waals surface area contributed by atoms with Gasteiger partial charge in [0.05, 0.1) is 11.6 Å². The van der Waals surface area contributed by atoms with Crippen LogP contribution in [0.15, 0.2) is 54.6 Å². The zero-order chi connectivity index (χ0) is 18.5. The van der Waals surface area contributed by atoms with E-state index in [1.54, 1.807) is 36.4 Å². The predicted octanol–water partition coefficient (Wildman–Crippen LogP) is 3.96. The molecule has 0 atom stereocenters. The second-order valence-electron chi connectivity index (χ2n) is 5.87. The molecule has 0 unspecified atom stereocenters. The van der Waals surface area contributed by atoms with Crippen molar-refractivity contribution in [2.24, 2.45) is 0 Å². The highest BCUT2D eigenvalue weighted by molar-refractivity contribution is 6.02. The first-order valence-electron chi connectivity index (χ1n) is 8.05. The number of aryl methyl sites for hydroxylation is 2. The molecule has 6 nitrogen and oxygen atoms in total. The molecule has 1 aromatic heterocycles. The molecule has 3 aromatic rings. The summed E-state index contributed by atoms with van der Waals surface area (Å²) >= 11 is 0. The van der Waals surface area contributed by atoms with E-state index < -0.39 is 0 Å². The fourth-order valence-electron chi connectivity index (χ4n) is 2.35. The number of amides is 1. The van der Waals surface area contributed by atoms with E-state index in [4.69, 9.17) is 5.26 Å². The summed E-state index contributed by atoms with van der Waals surface area (Å²) in [4.78, 5) is 12.2. The van der Waals surface area contributed by atoms with Gasteiger partial charge in [0.25, 0.3) is 5.91 Å². The molecule has 6 heteroatoms. The maximum absolute atomic E-state index is 12.2. The van der Waals surface area contributed by atoms with Gasteiger partial charge in [-0.1, -0.05) is 12.1 Å². The molecule has 3 rings (SSSR count). The quantitative estimate of drug-likeness (QED) is 0.748. The molecular weight excluding hydrogens is 326 g/mol. The number of hydrogen-bond donors (Lipinski definition) is 2. The Morgan fingerprint density at radius 3 is 2.50 bits per heavy atom. The van der Waals surface area contributed by atoms with Gasteiger partial charge >= 0.3 is 0 Å². The zero-order valence-electron chi connectivity index (χ0n) is 14.4. The zero-order valence-corrected chi connectivity index (χ0v) is 14.4. The van der Waals surface area contributed by atoms with Crippen LogP contribution >= 0.6 is 0 Å². The Labute approximate surface area is 151 Å². The highest BCUT2D eigenvalue weighted by Gasteiger charge is 2.09. The van der Waals surface area contributed by atoms with Crippen LogP contribution in [-0.2, 0) is 0 Å². The third-order valence-corrected chi connectivity index (χ3v) is 3.93. The normalized spacial score (nSPS) is 10.0. The van der Waals surface area contributed by atoms with Crippen molar-refractivity contribution in [3.8, 4) is 6.07 Å². The number of anilines is 3. The van der Waals surface area contributed by atoms with E-state index in [9.17, 15) is 4.79 Å². The van der Waals surface area contributed by atoms with Gasteiger partial charge in [0.15, 0.2) is 11.5 Å². The van der Waals surface area contributed by atoms with Crippen molar-refractivity contribution in [1.82, 2.24) is 10.2 Å². The van der Waals surface area contributed by atoms with Crippen molar-refractivity contribution in [2.45, 2.75) is 13.8 Å². The molecule has 0 aliphatic carbocycles. The van der Waals surface area contributed by atoms with Crippen molar-refractivity contribution in [3.63, 3.8) is 0 Å². The van der Waals surface area contributed by atoms with Crippen molar-refractivity contribution in [1.29, 1.82) is 5.26 Å². The summed E-state index contributed by atoms with van der Waals surface area (Å²) in [5.74, 6) is 0.168. The van der Waals surface area contributed by atoms with Crippen molar-refractivity contribution >= 4 is 23.1 Å². The third kappa shape index (κ3) is 4.02. The number of nitrogens with one attached hydrogen (secondary N) is 2. The maximum Gasteiger partial charge on any atom is 0.276 e. The van der Waals surface area contributed by atoms with Crippen LogP contribution < -0.4 is 10.6 Å². The highest BCUT2D eigenvalue weighted by Crippen LogP contribution is 2.18. The van der Waals surface area contributed by atoms with E-state index in [-0.39, 0.29) is 11.6 Å². The van der Waals surface area contributed by atoms with Crippen LogP contribution in [0.3, 0.4) is 0 Å². The van der Waals surface area contributed by atoms with E-state index in [0.717, 1.165) is 5.69 Å². The molecule has 0 aliphatic heterocycles. The summed E-state index contributed by atoms with van der Waals surface area (Å²) in [5.41, 5.74) is 4.51. The molecule has 128 valence electrons. The van der Waals surface area contributed by atoms with Gasteiger partial charge in [-0.05, 0) is 67.4 Å². The number of carbonyl (C=O) groups is 1. The van der Waals surface area contributed by atoms with Gasteiger partial charge in [-0.15, -0.1) is 10.2 Å². The van der Waals surface area contributed by atoms with Gasteiger partial charge in [-0.3, -0.25) is 4.79 Å². The lowest BCUT2D eigenvalue weighted by molar-refractivity contribution is 0.102. The number of rotatable bonds is 4. The van der Waals surface area contributed by atoms with E-state index >= 15 is 0 Å². The Morgan fingerprint density at radius 2 is 1.81 bits per heavy atom. The van der Waals surface area contributed by atoms with Gasteiger partial charge < -0.3 is 10.6 Å². The SMILES string of the molecule is Cc1ccc(Nc2ccc(C(=O)Nc3cccc(C#N)c3)nn2)cc1C. The third-order valence-electron chi connectivity index (χ3n) is 3.93. The molecule has 0 saturated carbocycles. The van der Waals surface area contributed by atoms with Crippen LogP contribution in [-0.4, -0.2) is 16.1 Å². The van der Waals surface area contributed by atoms with Crippen LogP contribution in [0, 0.1) is 25.2 Å².